The van der Waals surface area contributed by atoms with Crippen molar-refractivity contribution in [3.05, 3.63) is 88.2 Å². The van der Waals surface area contributed by atoms with Gasteiger partial charge in [0.25, 0.3) is 11.8 Å². The van der Waals surface area contributed by atoms with Crippen LogP contribution in [0.4, 0.5) is 26.3 Å². The van der Waals surface area contributed by atoms with Crippen LogP contribution in [0.3, 0.4) is 0 Å². The van der Waals surface area contributed by atoms with Crippen molar-refractivity contribution in [3.8, 4) is 0 Å². The smallest absolute Gasteiger partial charge is 0.390 e. The molecule has 0 bridgehead atoms. The van der Waals surface area contributed by atoms with Gasteiger partial charge in [-0.05, 0) is 75.3 Å². The van der Waals surface area contributed by atoms with Crippen LogP contribution in [0.2, 0.25) is 0 Å². The van der Waals surface area contributed by atoms with Crippen molar-refractivity contribution in [2.45, 2.75) is 102 Å². The zero-order chi connectivity index (χ0) is 35.9. The van der Waals surface area contributed by atoms with Crippen molar-refractivity contribution in [2.75, 3.05) is 13.1 Å². The largest absolute Gasteiger partial charge is 0.416 e. The number of nitrogens with zero attached hydrogens (tertiary/aromatic N) is 3. The zero-order valence-electron chi connectivity index (χ0n) is 27.7. The van der Waals surface area contributed by atoms with Gasteiger partial charge in [-0.3, -0.25) is 14.3 Å². The fourth-order valence-electron chi connectivity index (χ4n) is 6.17. The van der Waals surface area contributed by atoms with Gasteiger partial charge in [-0.1, -0.05) is 43.7 Å². The third-order valence-corrected chi connectivity index (χ3v) is 8.86. The quantitative estimate of drug-likeness (QED) is 0.171. The Kier molecular flexibility index (Phi) is 12.5. The molecule has 3 aromatic rings. The number of aromatic nitrogens is 2. The van der Waals surface area contributed by atoms with E-state index in [2.05, 4.69) is 22.7 Å². The van der Waals surface area contributed by atoms with Gasteiger partial charge in [-0.2, -0.15) is 31.4 Å². The summed E-state index contributed by atoms with van der Waals surface area (Å²) in [6.07, 6.45) is -6.51. The van der Waals surface area contributed by atoms with Gasteiger partial charge < -0.3 is 20.6 Å². The van der Waals surface area contributed by atoms with Crippen molar-refractivity contribution >= 4 is 11.8 Å². The lowest BCUT2D eigenvalue weighted by molar-refractivity contribution is -0.143. The third-order valence-electron chi connectivity index (χ3n) is 8.86. The molecule has 49 heavy (non-hydrogen) atoms. The number of piperidine rings is 1. The maximum atomic E-state index is 13.7. The summed E-state index contributed by atoms with van der Waals surface area (Å²) < 4.78 is 82.0. The zero-order valence-corrected chi connectivity index (χ0v) is 27.7. The highest BCUT2D eigenvalue weighted by Gasteiger charge is 2.37. The summed E-state index contributed by atoms with van der Waals surface area (Å²) >= 11 is 0. The number of hydrogen-bond donors (Lipinski definition) is 3. The highest BCUT2D eigenvalue weighted by atomic mass is 19.4. The van der Waals surface area contributed by atoms with Crippen LogP contribution in [0.5, 0.6) is 0 Å². The number of halogens is 6. The maximum absolute atomic E-state index is 13.7. The maximum Gasteiger partial charge on any atom is 0.416 e. The van der Waals surface area contributed by atoms with E-state index >= 15 is 0 Å². The fraction of sp³-hybridized carbons (Fsp3) is 0.514. The first-order valence-electron chi connectivity index (χ1n) is 16.6. The Morgan fingerprint density at radius 1 is 0.980 bits per heavy atom. The molecule has 2 aromatic carbocycles. The van der Waals surface area contributed by atoms with Crippen LogP contribution < -0.4 is 10.6 Å². The molecule has 0 saturated carbocycles. The number of alkyl halides is 6. The number of hydrogen-bond acceptors (Lipinski definition) is 5. The second-order valence-electron chi connectivity index (χ2n) is 12.5. The average molecular weight is 696 g/mol. The molecule has 0 spiro atoms. The second-order valence-corrected chi connectivity index (χ2v) is 12.5. The summed E-state index contributed by atoms with van der Waals surface area (Å²) in [5.41, 5.74) is -2.13. The molecule has 8 nitrogen and oxygen atoms in total. The van der Waals surface area contributed by atoms with Crippen molar-refractivity contribution in [2.24, 2.45) is 0 Å². The Labute approximate surface area is 281 Å². The summed E-state index contributed by atoms with van der Waals surface area (Å²) in [5, 5.41) is 21.2. The normalized spacial score (nSPS) is 17.4. The van der Waals surface area contributed by atoms with E-state index in [0.29, 0.717) is 25.2 Å². The molecular weight excluding hydrogens is 652 g/mol. The standard InChI is InChI=1S/C35H43F6N5O3/c1-4-11-27-14-9-10-15-45(27)33(49)30-20-29(44-46(30)5-2)32(48)43-28(16-23-12-7-6-8-13-23)31(47)21-42-22(3)24-17-25(34(36,37)38)19-26(18-24)35(39,40)41/h6-8,12-13,17-20,22,27-28,31,42,47H,4-5,9-11,14-16,21H2,1-3H3,(H,43,48)/t22-,27?,28+,31-/m1/s1. The van der Waals surface area contributed by atoms with Crippen LogP contribution in [0.25, 0.3) is 0 Å². The third kappa shape index (κ3) is 9.84. The molecule has 1 aromatic heterocycles. The van der Waals surface area contributed by atoms with Crippen LogP contribution in [0, 0.1) is 0 Å². The minimum absolute atomic E-state index is 0.0236. The molecule has 2 amide bonds. The minimum Gasteiger partial charge on any atom is -0.390 e. The summed E-state index contributed by atoms with van der Waals surface area (Å²) in [6, 6.07) is 9.86. The topological polar surface area (TPSA) is 99.5 Å². The van der Waals surface area contributed by atoms with E-state index in [9.17, 15) is 41.0 Å². The number of rotatable bonds is 13. The van der Waals surface area contributed by atoms with E-state index in [-0.39, 0.29) is 47.9 Å². The fourth-order valence-corrected chi connectivity index (χ4v) is 6.17. The number of aliphatic hydroxyl groups is 1. The Hall–Kier alpha value is -3.91. The molecule has 268 valence electrons. The molecule has 1 fully saturated rings. The predicted octanol–water partition coefficient (Wildman–Crippen LogP) is 6.79. The van der Waals surface area contributed by atoms with E-state index in [1.807, 2.05) is 11.8 Å². The Morgan fingerprint density at radius 2 is 1.63 bits per heavy atom. The molecule has 1 aliphatic heterocycles. The second kappa shape index (κ2) is 16.2. The van der Waals surface area contributed by atoms with Crippen LogP contribution >= 0.6 is 0 Å². The van der Waals surface area contributed by atoms with Crippen molar-refractivity contribution < 1.29 is 41.0 Å². The molecule has 1 saturated heterocycles. The van der Waals surface area contributed by atoms with Crippen molar-refractivity contribution in [1.82, 2.24) is 25.3 Å². The number of carbonyl (C=O) groups is 2. The minimum atomic E-state index is -5.00. The van der Waals surface area contributed by atoms with Crippen LogP contribution in [-0.2, 0) is 25.3 Å². The summed E-state index contributed by atoms with van der Waals surface area (Å²) in [7, 11) is 0. The number of amides is 2. The lowest BCUT2D eigenvalue weighted by Crippen LogP contribution is -2.49. The van der Waals surface area contributed by atoms with E-state index in [4.69, 9.17) is 0 Å². The highest BCUT2D eigenvalue weighted by Crippen LogP contribution is 2.37. The summed E-state index contributed by atoms with van der Waals surface area (Å²) in [5.74, 6) is -0.848. The molecule has 4 rings (SSSR count). The number of aliphatic hydroxyl groups excluding tert-OH is 1. The molecule has 14 heteroatoms. The molecular formula is C35H43F6N5O3. The first kappa shape index (κ1) is 37.9. The van der Waals surface area contributed by atoms with Gasteiger partial charge in [0.15, 0.2) is 5.69 Å². The predicted molar refractivity (Wildman–Crippen MR) is 172 cm³/mol. The van der Waals surface area contributed by atoms with E-state index in [1.54, 1.807) is 30.3 Å². The number of likely N-dealkylation sites (tertiary alicyclic amines) is 1. The van der Waals surface area contributed by atoms with Crippen LogP contribution in [-0.4, -0.2) is 62.9 Å². The first-order chi connectivity index (χ1) is 23.1. The van der Waals surface area contributed by atoms with Crippen molar-refractivity contribution in [3.63, 3.8) is 0 Å². The Balaban J connectivity index is 1.53. The summed E-state index contributed by atoms with van der Waals surface area (Å²) in [6.45, 7) is 5.94. The van der Waals surface area contributed by atoms with Crippen LogP contribution in [0.15, 0.2) is 54.6 Å². The monoisotopic (exact) mass is 695 g/mol. The van der Waals surface area contributed by atoms with Gasteiger partial charge >= 0.3 is 12.4 Å². The number of benzene rings is 2. The van der Waals surface area contributed by atoms with Gasteiger partial charge in [-0.15, -0.1) is 0 Å². The Morgan fingerprint density at radius 3 is 2.22 bits per heavy atom. The van der Waals surface area contributed by atoms with Gasteiger partial charge in [-0.25, -0.2) is 0 Å². The molecule has 1 unspecified atom stereocenters. The van der Waals surface area contributed by atoms with Gasteiger partial charge in [0.1, 0.15) is 5.69 Å². The molecule has 0 aliphatic carbocycles. The summed E-state index contributed by atoms with van der Waals surface area (Å²) in [4.78, 5) is 29.1. The van der Waals surface area contributed by atoms with Crippen molar-refractivity contribution in [1.29, 1.82) is 0 Å². The van der Waals surface area contributed by atoms with Gasteiger partial charge in [0, 0.05) is 37.8 Å². The Bertz CT molecular complexity index is 1530. The molecule has 4 atom stereocenters. The molecule has 3 N–H and O–H groups in total. The van der Waals surface area contributed by atoms with Crippen LogP contribution in [0.1, 0.15) is 102 Å². The van der Waals surface area contributed by atoms with E-state index < -0.39 is 47.6 Å². The molecule has 0 radical (unpaired) electrons. The number of aryl methyl sites for hydroxylation is 1. The average Bonchev–Trinajstić information content (AvgIpc) is 3.51. The first-order valence-corrected chi connectivity index (χ1v) is 16.6. The van der Waals surface area contributed by atoms with Gasteiger partial charge in [0.05, 0.1) is 23.3 Å². The van der Waals surface area contributed by atoms with E-state index in [0.717, 1.165) is 37.7 Å². The van der Waals surface area contributed by atoms with Gasteiger partial charge in [0.2, 0.25) is 0 Å². The highest BCUT2D eigenvalue weighted by molar-refractivity contribution is 5.98. The SMILES string of the molecule is CCCC1CCCCN1C(=O)c1cc(C(=O)N[C@@H](Cc2ccccc2)[C@H](O)CN[C@H](C)c2cc(C(F)(F)F)cc(C(F)(F)F)c2)nn1CC. The lowest BCUT2D eigenvalue weighted by Gasteiger charge is -2.35. The molecule has 1 aliphatic rings. The van der Waals surface area contributed by atoms with E-state index in [1.165, 1.54) is 17.7 Å². The molecule has 2 heterocycles. The number of carbonyl (C=O) groups excluding carboxylic acids is 2. The number of nitrogens with one attached hydrogen (secondary N) is 2. The lowest BCUT2D eigenvalue weighted by atomic mass is 9.98.